The first-order valence-electron chi connectivity index (χ1n) is 0.707. The Morgan fingerprint density at radius 1 is 0.667 bits per heavy atom. The van der Waals surface area contributed by atoms with Crippen molar-refractivity contribution in [2.45, 2.75) is 36.6 Å². The van der Waals surface area contributed by atoms with Crippen LogP contribution in [-0.2, 0) is 65.4 Å². The van der Waals surface area contributed by atoms with Gasteiger partial charge in [-0.1, -0.05) is 29.7 Å². The Balaban J connectivity index is -0.000000000238. The van der Waals surface area contributed by atoms with Crippen molar-refractivity contribution in [3.8, 4) is 0 Å². The molecule has 0 atom stereocenters. The molecule has 0 aliphatic carbocycles. The van der Waals surface area contributed by atoms with Crippen LogP contribution in [0.1, 0.15) is 36.6 Å². The van der Waals surface area contributed by atoms with Gasteiger partial charge in [-0.25, -0.2) is 0 Å². The minimum absolute atomic E-state index is 0. The van der Waals surface area contributed by atoms with E-state index in [9.17, 15) is 0 Å². The van der Waals surface area contributed by atoms with Gasteiger partial charge < -0.3 is 14.4 Å². The Morgan fingerprint density at radius 2 is 0.667 bits per heavy atom. The van der Waals surface area contributed by atoms with Crippen LogP contribution in [0.4, 0.5) is 0 Å². The van der Waals surface area contributed by atoms with Gasteiger partial charge in [0, 0.05) is 65.4 Å². The van der Waals surface area contributed by atoms with E-state index in [0.717, 1.165) is 0 Å². The van der Waals surface area contributed by atoms with E-state index in [0.29, 0.717) is 0 Å². The van der Waals surface area contributed by atoms with Gasteiger partial charge in [-0.3, -0.25) is 0 Å². The van der Waals surface area contributed by atoms with Crippen LogP contribution in [-0.4, -0.2) is 0 Å². The molecule has 0 heterocycles. The van der Waals surface area contributed by atoms with Crippen molar-refractivity contribution >= 4 is 0 Å². The topological polar surface area (TPSA) is 0 Å². The Bertz CT molecular complexity index is 6.88. The standard InChI is InChI=1S/C2H5.4CH4.CH3.2Y/c1-2;;;;;;;/h1H2,2H3;4*1H4;1H3;;/q-1;;;;;-1;;. The van der Waals surface area contributed by atoms with Gasteiger partial charge in [0.25, 0.3) is 0 Å². The van der Waals surface area contributed by atoms with Crippen LogP contribution in [0, 0.1) is 14.4 Å². The van der Waals surface area contributed by atoms with E-state index in [4.69, 9.17) is 0 Å². The molecule has 0 spiro atoms. The van der Waals surface area contributed by atoms with Gasteiger partial charge in [-0.05, 0) is 0 Å². The van der Waals surface area contributed by atoms with Crippen LogP contribution in [0.3, 0.4) is 0 Å². The third-order valence-electron chi connectivity index (χ3n) is 0. The average Bonchev–Trinajstić information content (AvgIpc) is 1.00. The predicted octanol–water partition coefficient (Wildman–Crippen LogP) is 3.83. The molecule has 0 bridgehead atoms. The normalized spacial score (nSPS) is 0.667. The van der Waals surface area contributed by atoms with E-state index in [1.54, 1.807) is 6.92 Å². The molecule has 0 aromatic carbocycles. The quantitative estimate of drug-likeness (QED) is 0.594. The summed E-state index contributed by atoms with van der Waals surface area (Å²) in [6.45, 7) is 5.00. The molecule has 0 amide bonds. The fourth-order valence-corrected chi connectivity index (χ4v) is 0. The van der Waals surface area contributed by atoms with Gasteiger partial charge in [-0.2, -0.15) is 6.92 Å². The van der Waals surface area contributed by atoms with E-state index >= 15 is 0 Å². The third kappa shape index (κ3) is 141. The zero-order chi connectivity index (χ0) is 2.00. The number of hydrogen-bond acceptors (Lipinski definition) is 0. The molecule has 0 rings (SSSR count). The zero-order valence-electron chi connectivity index (χ0n) is 3.86. The van der Waals surface area contributed by atoms with E-state index in [1.165, 1.54) is 0 Å². The van der Waals surface area contributed by atoms with Crippen LogP contribution in [0.2, 0.25) is 0 Å². The summed E-state index contributed by atoms with van der Waals surface area (Å²) in [5.41, 5.74) is 0. The summed E-state index contributed by atoms with van der Waals surface area (Å²) in [4.78, 5) is 0. The maximum atomic E-state index is 3.25. The molecular formula is C7H24Y2-2. The second-order valence-electron chi connectivity index (χ2n) is 0. The van der Waals surface area contributed by atoms with Crippen molar-refractivity contribution in [2.75, 3.05) is 0 Å². The third-order valence-corrected chi connectivity index (χ3v) is 0. The SMILES string of the molecule is C.C.C.C.[CH2-]C.[CH3-].[Y].[Y]. The minimum atomic E-state index is 0. The second-order valence-corrected chi connectivity index (χ2v) is 0. The summed E-state index contributed by atoms with van der Waals surface area (Å²) >= 11 is 0. The molecule has 60 valence electrons. The van der Waals surface area contributed by atoms with E-state index < -0.39 is 0 Å². The molecular weight excluding hydrogens is 262 g/mol. The summed E-state index contributed by atoms with van der Waals surface area (Å²) in [6, 6.07) is 0. The van der Waals surface area contributed by atoms with E-state index in [2.05, 4.69) is 6.92 Å². The summed E-state index contributed by atoms with van der Waals surface area (Å²) in [5, 5.41) is 0. The van der Waals surface area contributed by atoms with Gasteiger partial charge in [0.1, 0.15) is 0 Å². The number of hydrogen-bond donors (Lipinski definition) is 0. The first-order chi connectivity index (χ1) is 1.00. The smallest absolute Gasteiger partial charge is 0 e. The van der Waals surface area contributed by atoms with Gasteiger partial charge >= 0.3 is 0 Å². The molecule has 0 fully saturated rings. The summed E-state index contributed by atoms with van der Waals surface area (Å²) < 4.78 is 0. The summed E-state index contributed by atoms with van der Waals surface area (Å²) in [7, 11) is 0. The van der Waals surface area contributed by atoms with Crippen molar-refractivity contribution < 1.29 is 65.4 Å². The molecule has 0 aromatic heterocycles. The first-order valence-corrected chi connectivity index (χ1v) is 0.707. The minimum Gasteiger partial charge on any atom is -0.358 e. The average molecular weight is 286 g/mol. The summed E-state index contributed by atoms with van der Waals surface area (Å²) in [5.74, 6) is 0. The molecule has 2 radical (unpaired) electrons. The maximum absolute atomic E-state index is 3.25. The van der Waals surface area contributed by atoms with Crippen LogP contribution in [0.25, 0.3) is 0 Å². The monoisotopic (exact) mass is 286 g/mol. The van der Waals surface area contributed by atoms with Gasteiger partial charge in [0.15, 0.2) is 0 Å². The first kappa shape index (κ1) is 113. The van der Waals surface area contributed by atoms with Crippen molar-refractivity contribution in [2.24, 2.45) is 0 Å². The van der Waals surface area contributed by atoms with Crippen LogP contribution >= 0.6 is 0 Å². The zero-order valence-corrected chi connectivity index (χ0v) is 9.54. The van der Waals surface area contributed by atoms with Crippen LogP contribution < -0.4 is 0 Å². The van der Waals surface area contributed by atoms with Crippen molar-refractivity contribution in [3.63, 3.8) is 0 Å². The molecule has 9 heavy (non-hydrogen) atoms. The molecule has 0 nitrogen and oxygen atoms in total. The maximum Gasteiger partial charge on any atom is 0 e. The molecule has 2 heteroatoms. The molecule has 0 unspecified atom stereocenters. The van der Waals surface area contributed by atoms with Crippen molar-refractivity contribution in [1.29, 1.82) is 0 Å². The Labute approximate surface area is 115 Å². The second kappa shape index (κ2) is 178. The van der Waals surface area contributed by atoms with Gasteiger partial charge in [-0.15, -0.1) is 0 Å². The largest absolute Gasteiger partial charge is 0.358 e. The predicted molar refractivity (Wildman–Crippen MR) is 44.4 cm³/mol. The van der Waals surface area contributed by atoms with Gasteiger partial charge in [0.2, 0.25) is 0 Å². The van der Waals surface area contributed by atoms with Crippen molar-refractivity contribution in [3.05, 3.63) is 14.4 Å². The molecule has 0 N–H and O–H groups in total. The van der Waals surface area contributed by atoms with E-state index in [-0.39, 0.29) is 103 Å². The molecule has 0 saturated carbocycles. The Hall–Kier alpha value is 2.21. The Morgan fingerprint density at radius 3 is 0.667 bits per heavy atom. The van der Waals surface area contributed by atoms with E-state index in [1.807, 2.05) is 0 Å². The molecule has 0 saturated heterocycles. The number of rotatable bonds is 0. The van der Waals surface area contributed by atoms with Gasteiger partial charge in [0.05, 0.1) is 0 Å². The molecule has 0 aliphatic rings. The molecule has 0 aliphatic heterocycles. The van der Waals surface area contributed by atoms with Crippen LogP contribution in [0.5, 0.6) is 0 Å². The fraction of sp³-hybridized carbons (Fsp3) is 0.714. The van der Waals surface area contributed by atoms with Crippen LogP contribution in [0.15, 0.2) is 0 Å². The van der Waals surface area contributed by atoms with Crippen molar-refractivity contribution in [1.82, 2.24) is 0 Å². The summed E-state index contributed by atoms with van der Waals surface area (Å²) in [6.07, 6.45) is 0. The molecule has 0 aromatic rings. The Kier molecular flexibility index (Phi) is 2240. The fourth-order valence-electron chi connectivity index (χ4n) is 0.